The molecule has 0 radical (unpaired) electrons. The number of nitrogens with zero attached hydrogens (tertiary/aromatic N) is 1. The lowest BCUT2D eigenvalue weighted by atomic mass is 9.95. The third-order valence-electron chi connectivity index (χ3n) is 3.14. The molecule has 3 heteroatoms. The first-order valence-corrected chi connectivity index (χ1v) is 5.76. The Bertz CT molecular complexity index is 392. The van der Waals surface area contributed by atoms with Gasteiger partial charge in [-0.3, -0.25) is 4.90 Å². The van der Waals surface area contributed by atoms with Crippen LogP contribution in [-0.2, 0) is 11.3 Å². The third-order valence-corrected chi connectivity index (χ3v) is 3.14. The van der Waals surface area contributed by atoms with E-state index in [0.29, 0.717) is 19.8 Å². The molecule has 3 nitrogen and oxygen atoms in total. The average molecular weight is 231 g/mol. The van der Waals surface area contributed by atoms with Gasteiger partial charge in [-0.25, -0.2) is 0 Å². The van der Waals surface area contributed by atoms with Gasteiger partial charge in [0.1, 0.15) is 5.54 Å². The summed E-state index contributed by atoms with van der Waals surface area (Å²) in [5.74, 6) is 2.81. The molecule has 0 atom stereocenters. The van der Waals surface area contributed by atoms with Crippen LogP contribution in [0.1, 0.15) is 5.56 Å². The molecule has 1 aromatic carbocycles. The van der Waals surface area contributed by atoms with Crippen molar-refractivity contribution in [2.24, 2.45) is 0 Å². The van der Waals surface area contributed by atoms with E-state index in [9.17, 15) is 0 Å². The number of hydrogen-bond acceptors (Lipinski definition) is 3. The summed E-state index contributed by atoms with van der Waals surface area (Å²) in [7, 11) is 0. The summed E-state index contributed by atoms with van der Waals surface area (Å²) in [5, 5.41) is 9.14. The van der Waals surface area contributed by atoms with Crippen molar-refractivity contribution in [2.75, 3.05) is 26.4 Å². The molecule has 1 heterocycles. The summed E-state index contributed by atoms with van der Waals surface area (Å²) >= 11 is 0. The first-order valence-electron chi connectivity index (χ1n) is 5.76. The minimum absolute atomic E-state index is 0.107. The number of benzene rings is 1. The van der Waals surface area contributed by atoms with Crippen molar-refractivity contribution in [3.8, 4) is 12.3 Å². The molecule has 17 heavy (non-hydrogen) atoms. The molecule has 1 aromatic rings. The fourth-order valence-corrected chi connectivity index (χ4v) is 2.02. The van der Waals surface area contributed by atoms with Gasteiger partial charge in [-0.1, -0.05) is 36.3 Å². The van der Waals surface area contributed by atoms with E-state index in [0.717, 1.165) is 6.54 Å². The molecule has 1 fully saturated rings. The lowest BCUT2D eigenvalue weighted by molar-refractivity contribution is -0.113. The van der Waals surface area contributed by atoms with Gasteiger partial charge in [0.15, 0.2) is 0 Å². The zero-order chi connectivity index (χ0) is 12.1. The molecule has 0 unspecified atom stereocenters. The molecule has 0 spiro atoms. The maximum absolute atomic E-state index is 9.14. The normalized spacial score (nSPS) is 17.5. The van der Waals surface area contributed by atoms with Gasteiger partial charge in [-0.05, 0) is 5.56 Å². The van der Waals surface area contributed by atoms with Crippen LogP contribution < -0.4 is 0 Å². The smallest absolute Gasteiger partial charge is 0.130 e. The highest BCUT2D eigenvalue weighted by atomic mass is 16.5. The Morgan fingerprint density at radius 2 is 2.06 bits per heavy atom. The van der Waals surface area contributed by atoms with Crippen molar-refractivity contribution in [1.82, 2.24) is 4.90 Å². The van der Waals surface area contributed by atoms with Gasteiger partial charge in [0.25, 0.3) is 0 Å². The monoisotopic (exact) mass is 231 g/mol. The number of terminal acetylenes is 1. The minimum Gasteiger partial charge on any atom is -0.395 e. The fourth-order valence-electron chi connectivity index (χ4n) is 2.02. The van der Waals surface area contributed by atoms with E-state index in [1.165, 1.54) is 5.56 Å². The van der Waals surface area contributed by atoms with Crippen molar-refractivity contribution in [2.45, 2.75) is 12.1 Å². The first kappa shape index (κ1) is 12.1. The van der Waals surface area contributed by atoms with Gasteiger partial charge in [0.05, 0.1) is 19.8 Å². The molecule has 1 saturated heterocycles. The van der Waals surface area contributed by atoms with Crippen molar-refractivity contribution in [3.05, 3.63) is 35.9 Å². The lowest BCUT2D eigenvalue weighted by Crippen LogP contribution is -2.61. The molecular weight excluding hydrogens is 214 g/mol. The molecule has 1 aliphatic heterocycles. The largest absolute Gasteiger partial charge is 0.395 e. The number of aliphatic hydroxyl groups is 1. The first-order chi connectivity index (χ1) is 8.30. The number of ether oxygens (including phenoxy) is 1. The van der Waals surface area contributed by atoms with E-state index in [4.69, 9.17) is 16.3 Å². The second kappa shape index (κ2) is 5.33. The molecule has 2 rings (SSSR count). The maximum Gasteiger partial charge on any atom is 0.130 e. The standard InChI is InChI=1S/C14H17NO2/c1-2-14(11-17-12-14)15(8-9-16)10-13-6-4-3-5-7-13/h1,3-7,16H,8-12H2. The number of β-amino-alcohol motifs (C(OH)–C–C–N with tert-alkyl or cyclic N) is 1. The van der Waals surface area contributed by atoms with Crippen LogP contribution in [0.2, 0.25) is 0 Å². The molecule has 1 N–H and O–H groups in total. The second-order valence-corrected chi connectivity index (χ2v) is 4.30. The van der Waals surface area contributed by atoms with E-state index >= 15 is 0 Å². The number of aliphatic hydroxyl groups excluding tert-OH is 1. The van der Waals surface area contributed by atoms with Crippen LogP contribution in [0.4, 0.5) is 0 Å². The van der Waals surface area contributed by atoms with Gasteiger partial charge >= 0.3 is 0 Å². The summed E-state index contributed by atoms with van der Waals surface area (Å²) in [6.07, 6.45) is 5.60. The van der Waals surface area contributed by atoms with Crippen LogP contribution in [0.25, 0.3) is 0 Å². The van der Waals surface area contributed by atoms with E-state index in [2.05, 4.69) is 23.0 Å². The number of hydrogen-bond donors (Lipinski definition) is 1. The van der Waals surface area contributed by atoms with Crippen LogP contribution in [0, 0.1) is 12.3 Å². The predicted octanol–water partition coefficient (Wildman–Crippen LogP) is 0.883. The van der Waals surface area contributed by atoms with Gasteiger partial charge in [0.2, 0.25) is 0 Å². The SMILES string of the molecule is C#CC1(N(CCO)Cc2ccccc2)COC1. The zero-order valence-corrected chi connectivity index (χ0v) is 9.80. The lowest BCUT2D eigenvalue weighted by Gasteiger charge is -2.45. The van der Waals surface area contributed by atoms with E-state index in [1.54, 1.807) is 0 Å². The van der Waals surface area contributed by atoms with E-state index in [1.807, 2.05) is 18.2 Å². The van der Waals surface area contributed by atoms with E-state index in [-0.39, 0.29) is 12.1 Å². The van der Waals surface area contributed by atoms with Crippen molar-refractivity contribution >= 4 is 0 Å². The molecule has 0 aliphatic carbocycles. The highest BCUT2D eigenvalue weighted by Gasteiger charge is 2.42. The third kappa shape index (κ3) is 2.50. The predicted molar refractivity (Wildman–Crippen MR) is 66.3 cm³/mol. The Hall–Kier alpha value is -1.34. The summed E-state index contributed by atoms with van der Waals surface area (Å²) < 4.78 is 5.23. The van der Waals surface area contributed by atoms with Gasteiger partial charge in [-0.15, -0.1) is 6.42 Å². The minimum atomic E-state index is -0.335. The Labute approximate surface area is 102 Å². The average Bonchev–Trinajstić information content (AvgIpc) is 2.30. The molecule has 90 valence electrons. The summed E-state index contributed by atoms with van der Waals surface area (Å²) in [5.41, 5.74) is 0.862. The Morgan fingerprint density at radius 3 is 2.53 bits per heavy atom. The molecule has 1 aliphatic rings. The Balaban J connectivity index is 2.10. The highest BCUT2D eigenvalue weighted by molar-refractivity contribution is 5.21. The van der Waals surface area contributed by atoms with E-state index < -0.39 is 0 Å². The molecular formula is C14H17NO2. The Kier molecular flexibility index (Phi) is 3.80. The Morgan fingerprint density at radius 1 is 1.35 bits per heavy atom. The van der Waals surface area contributed by atoms with Crippen molar-refractivity contribution < 1.29 is 9.84 Å². The molecule has 0 aromatic heterocycles. The maximum atomic E-state index is 9.14. The van der Waals surface area contributed by atoms with Crippen molar-refractivity contribution in [1.29, 1.82) is 0 Å². The molecule has 0 saturated carbocycles. The van der Waals surface area contributed by atoms with Crippen LogP contribution in [-0.4, -0.2) is 41.9 Å². The zero-order valence-electron chi connectivity index (χ0n) is 9.80. The second-order valence-electron chi connectivity index (χ2n) is 4.30. The summed E-state index contributed by atoms with van der Waals surface area (Å²) in [6.45, 7) is 2.53. The van der Waals surface area contributed by atoms with Crippen LogP contribution >= 0.6 is 0 Å². The van der Waals surface area contributed by atoms with Crippen LogP contribution in [0.5, 0.6) is 0 Å². The van der Waals surface area contributed by atoms with Crippen LogP contribution in [0.3, 0.4) is 0 Å². The topological polar surface area (TPSA) is 32.7 Å². The summed E-state index contributed by atoms with van der Waals surface area (Å²) in [6, 6.07) is 10.1. The summed E-state index contributed by atoms with van der Waals surface area (Å²) in [4.78, 5) is 2.12. The van der Waals surface area contributed by atoms with Gasteiger partial charge < -0.3 is 9.84 Å². The van der Waals surface area contributed by atoms with Gasteiger partial charge in [0, 0.05) is 13.1 Å². The van der Waals surface area contributed by atoms with Gasteiger partial charge in [-0.2, -0.15) is 0 Å². The van der Waals surface area contributed by atoms with Crippen LogP contribution in [0.15, 0.2) is 30.3 Å². The molecule has 0 amide bonds. The molecule has 0 bridgehead atoms. The highest BCUT2D eigenvalue weighted by Crippen LogP contribution is 2.25. The fraction of sp³-hybridized carbons (Fsp3) is 0.429. The quantitative estimate of drug-likeness (QED) is 0.764. The van der Waals surface area contributed by atoms with Crippen molar-refractivity contribution in [3.63, 3.8) is 0 Å². The number of rotatable bonds is 5.